The highest BCUT2D eigenvalue weighted by Crippen LogP contribution is 2.60. The minimum atomic E-state index is -1.01. The maximum Gasteiger partial charge on any atom is 0.347 e. The Morgan fingerprint density at radius 3 is 2.83 bits per heavy atom. The molecule has 168 valence electrons. The molecule has 4 rings (SSSR count). The van der Waals surface area contributed by atoms with Gasteiger partial charge in [-0.15, -0.1) is 0 Å². The molecule has 2 aliphatic carbocycles. The van der Waals surface area contributed by atoms with Gasteiger partial charge in [-0.2, -0.15) is 0 Å². The molecular weight excluding hydrogens is 444 g/mol. The van der Waals surface area contributed by atoms with Gasteiger partial charge in [0.1, 0.15) is 5.76 Å². The fourth-order valence-electron chi connectivity index (χ4n) is 6.61. The quantitative estimate of drug-likeness (QED) is 0.399. The number of cyclic esters (lactones) is 1. The minimum absolute atomic E-state index is 0.299. The largest absolute Gasteiger partial charge is 0.429 e. The summed E-state index contributed by atoms with van der Waals surface area (Å²) in [6.45, 7) is 7.43. The number of halogens is 1. The van der Waals surface area contributed by atoms with E-state index in [0.29, 0.717) is 17.9 Å². The first-order valence-corrected chi connectivity index (χ1v) is 12.8. The van der Waals surface area contributed by atoms with E-state index in [2.05, 4.69) is 34.8 Å². The summed E-state index contributed by atoms with van der Waals surface area (Å²) in [7, 11) is 0. The second-order valence-corrected chi connectivity index (χ2v) is 10.8. The summed E-state index contributed by atoms with van der Waals surface area (Å²) in [6, 6.07) is 0. The van der Waals surface area contributed by atoms with E-state index in [-0.39, 0.29) is 12.3 Å². The molecule has 2 unspecified atom stereocenters. The number of esters is 1. The van der Waals surface area contributed by atoms with Gasteiger partial charge in [0.25, 0.3) is 0 Å². The summed E-state index contributed by atoms with van der Waals surface area (Å²) in [4.78, 5) is 14.7. The first kappa shape index (κ1) is 22.5. The van der Waals surface area contributed by atoms with E-state index in [1.807, 2.05) is 13.0 Å². The average molecular weight is 481 g/mol. The molecule has 2 aliphatic heterocycles. The maximum absolute atomic E-state index is 12.5. The van der Waals surface area contributed by atoms with Crippen LogP contribution in [0.5, 0.6) is 0 Å². The summed E-state index contributed by atoms with van der Waals surface area (Å²) in [5, 5.41) is 0. The third-order valence-electron chi connectivity index (χ3n) is 8.29. The number of carbonyl (C=O) groups is 1. The molecule has 4 aliphatic rings. The highest BCUT2D eigenvalue weighted by Gasteiger charge is 2.50. The lowest BCUT2D eigenvalue weighted by Crippen LogP contribution is -2.39. The predicted octanol–water partition coefficient (Wildman–Crippen LogP) is 6.64. The van der Waals surface area contributed by atoms with Crippen LogP contribution in [0.1, 0.15) is 85.0 Å². The average Bonchev–Trinajstić information content (AvgIpc) is 3.22. The predicted molar refractivity (Wildman–Crippen MR) is 121 cm³/mol. The normalized spacial score (nSPS) is 41.5. The molecule has 0 aromatic heterocycles. The zero-order valence-electron chi connectivity index (χ0n) is 18.8. The molecule has 0 aromatic rings. The van der Waals surface area contributed by atoms with Crippen LogP contribution in [-0.4, -0.2) is 24.5 Å². The van der Waals surface area contributed by atoms with Crippen LogP contribution in [0.3, 0.4) is 0 Å². The second kappa shape index (κ2) is 9.07. The van der Waals surface area contributed by atoms with Crippen molar-refractivity contribution >= 4 is 21.9 Å². The fourth-order valence-corrected chi connectivity index (χ4v) is 7.16. The van der Waals surface area contributed by atoms with Crippen LogP contribution in [0.25, 0.3) is 0 Å². The van der Waals surface area contributed by atoms with Gasteiger partial charge in [0.15, 0.2) is 11.9 Å². The van der Waals surface area contributed by atoms with Gasteiger partial charge in [0.2, 0.25) is 0 Å². The van der Waals surface area contributed by atoms with Crippen LogP contribution in [0.15, 0.2) is 22.4 Å². The van der Waals surface area contributed by atoms with Crippen LogP contribution in [0.4, 0.5) is 0 Å². The number of carbonyl (C=O) groups excluding carboxylic acids is 1. The van der Waals surface area contributed by atoms with Crippen LogP contribution in [0.2, 0.25) is 0 Å². The topological polar surface area (TPSA) is 44.8 Å². The van der Waals surface area contributed by atoms with Crippen molar-refractivity contribution in [2.75, 3.05) is 6.61 Å². The van der Waals surface area contributed by atoms with Crippen molar-refractivity contribution in [1.82, 2.24) is 0 Å². The van der Waals surface area contributed by atoms with E-state index in [1.54, 1.807) is 5.57 Å². The third kappa shape index (κ3) is 4.31. The first-order chi connectivity index (χ1) is 14.4. The van der Waals surface area contributed by atoms with Crippen LogP contribution in [0, 0.1) is 23.2 Å². The van der Waals surface area contributed by atoms with E-state index in [1.165, 1.54) is 32.1 Å². The number of hydrogen-bond acceptors (Lipinski definition) is 4. The molecule has 3 fully saturated rings. The van der Waals surface area contributed by atoms with Crippen molar-refractivity contribution < 1.29 is 19.0 Å². The smallest absolute Gasteiger partial charge is 0.347 e. The molecule has 30 heavy (non-hydrogen) atoms. The van der Waals surface area contributed by atoms with Crippen LogP contribution >= 0.6 is 15.9 Å². The monoisotopic (exact) mass is 480 g/mol. The van der Waals surface area contributed by atoms with Gasteiger partial charge in [-0.05, 0) is 98.9 Å². The van der Waals surface area contributed by atoms with Gasteiger partial charge >= 0.3 is 5.97 Å². The molecule has 5 heteroatoms. The number of allylic oxidation sites excluding steroid dienone is 2. The van der Waals surface area contributed by atoms with Crippen molar-refractivity contribution in [3.8, 4) is 0 Å². The van der Waals surface area contributed by atoms with E-state index >= 15 is 0 Å². The highest BCUT2D eigenvalue weighted by atomic mass is 79.9. The number of fused-ring (bicyclic) bond motifs is 1. The third-order valence-corrected chi connectivity index (χ3v) is 8.88. The molecule has 6 atom stereocenters. The first-order valence-electron chi connectivity index (χ1n) is 11.9. The van der Waals surface area contributed by atoms with Crippen molar-refractivity contribution in [2.45, 2.75) is 96.9 Å². The van der Waals surface area contributed by atoms with Crippen molar-refractivity contribution in [2.24, 2.45) is 23.2 Å². The zero-order chi connectivity index (χ0) is 21.4. The number of rotatable bonds is 6. The van der Waals surface area contributed by atoms with E-state index in [9.17, 15) is 4.79 Å². The Bertz CT molecular complexity index is 710. The molecule has 2 heterocycles. The lowest BCUT2D eigenvalue weighted by Gasteiger charge is -2.44. The molecule has 0 spiro atoms. The van der Waals surface area contributed by atoms with Crippen molar-refractivity contribution in [3.05, 3.63) is 22.4 Å². The van der Waals surface area contributed by atoms with Gasteiger partial charge in [-0.1, -0.05) is 35.4 Å². The van der Waals surface area contributed by atoms with E-state index in [0.717, 1.165) is 49.7 Å². The van der Waals surface area contributed by atoms with E-state index in [4.69, 9.17) is 14.2 Å². The summed E-state index contributed by atoms with van der Waals surface area (Å²) in [5.41, 5.74) is 1.02. The summed E-state index contributed by atoms with van der Waals surface area (Å²) < 4.78 is 17.3. The van der Waals surface area contributed by atoms with Crippen LogP contribution < -0.4 is 0 Å². The molecule has 2 saturated carbocycles. The van der Waals surface area contributed by atoms with Crippen molar-refractivity contribution in [3.63, 3.8) is 0 Å². The summed E-state index contributed by atoms with van der Waals surface area (Å²) >= 11 is 3.62. The Labute approximate surface area is 189 Å². The fraction of sp³-hybridized carbons (Fsp3) is 0.800. The van der Waals surface area contributed by atoms with Gasteiger partial charge in [-0.25, -0.2) is 4.79 Å². The van der Waals surface area contributed by atoms with Gasteiger partial charge in [0, 0.05) is 13.0 Å². The Kier molecular flexibility index (Phi) is 6.82. The zero-order valence-corrected chi connectivity index (χ0v) is 20.3. The lowest BCUT2D eigenvalue weighted by molar-refractivity contribution is -0.212. The van der Waals surface area contributed by atoms with Crippen LogP contribution in [-0.2, 0) is 19.0 Å². The summed E-state index contributed by atoms with van der Waals surface area (Å²) in [5.74, 6) is 2.56. The lowest BCUT2D eigenvalue weighted by atomic mass is 9.61. The standard InChI is InChI=1S/C25H37BrO4/c1-17(20-11-12-21-18(16-26)7-6-13-24(20,21)2)9-10-19-15-25(3,23(27)29-19)30-22-8-4-5-14-28-22/h15-17,20-22H,4-14H2,1-3H3/t17-,20-,21?,22?,24-,25-/m1/s1. The Morgan fingerprint density at radius 2 is 2.10 bits per heavy atom. The molecule has 1 saturated heterocycles. The molecule has 0 aromatic carbocycles. The molecule has 4 nitrogen and oxygen atoms in total. The molecule has 0 amide bonds. The number of hydrogen-bond donors (Lipinski definition) is 0. The Hall–Kier alpha value is -0.650. The Balaban J connectivity index is 1.36. The Morgan fingerprint density at radius 1 is 1.27 bits per heavy atom. The number of ether oxygens (including phenoxy) is 3. The maximum atomic E-state index is 12.5. The molecule has 0 bridgehead atoms. The minimum Gasteiger partial charge on any atom is -0.429 e. The van der Waals surface area contributed by atoms with Gasteiger partial charge < -0.3 is 14.2 Å². The molecular formula is C25H37BrO4. The second-order valence-electron chi connectivity index (χ2n) is 10.3. The summed E-state index contributed by atoms with van der Waals surface area (Å²) in [6.07, 6.45) is 12.9. The van der Waals surface area contributed by atoms with E-state index < -0.39 is 5.60 Å². The van der Waals surface area contributed by atoms with Gasteiger partial charge in [0.05, 0.1) is 0 Å². The molecule has 0 radical (unpaired) electrons. The highest BCUT2D eigenvalue weighted by molar-refractivity contribution is 9.11. The van der Waals surface area contributed by atoms with Gasteiger partial charge in [-0.3, -0.25) is 0 Å². The SMILES string of the molecule is C[C@H](CCC1=C[C@@](C)(OC2CCCCO2)C(=O)O1)[C@H]1CCC2C(=CBr)CCC[C@@]21C. The van der Waals surface area contributed by atoms with Crippen molar-refractivity contribution in [1.29, 1.82) is 0 Å². The molecule has 0 N–H and O–H groups in total.